The summed E-state index contributed by atoms with van der Waals surface area (Å²) in [4.78, 5) is 0. The van der Waals surface area contributed by atoms with E-state index in [1.807, 2.05) is 12.1 Å². The lowest BCUT2D eigenvalue weighted by Crippen LogP contribution is -2.22. The summed E-state index contributed by atoms with van der Waals surface area (Å²) in [6.07, 6.45) is 1.91. The van der Waals surface area contributed by atoms with Crippen molar-refractivity contribution in [2.45, 2.75) is 19.8 Å². The minimum absolute atomic E-state index is 0.636. The topological polar surface area (TPSA) is 73.0 Å². The Morgan fingerprint density at radius 1 is 1.07 bits per heavy atom. The second-order valence-electron chi connectivity index (χ2n) is 7.48. The van der Waals surface area contributed by atoms with Crippen LogP contribution in [0.4, 0.5) is 11.4 Å². The van der Waals surface area contributed by atoms with Crippen molar-refractivity contribution in [3.8, 4) is 17.4 Å². The predicted molar refractivity (Wildman–Crippen MR) is 122 cm³/mol. The molecule has 0 bridgehead atoms. The SMILES string of the molecule is C=C1Nc2ccc(NCCNCCC)cc2Cc2cc(-c3ccc(C#N)cc3)oc21. The van der Waals surface area contributed by atoms with Gasteiger partial charge >= 0.3 is 0 Å². The van der Waals surface area contributed by atoms with Crippen molar-refractivity contribution in [2.24, 2.45) is 0 Å². The smallest absolute Gasteiger partial charge is 0.153 e. The lowest BCUT2D eigenvalue weighted by atomic mass is 10.0. The van der Waals surface area contributed by atoms with E-state index in [1.165, 1.54) is 5.56 Å². The molecule has 5 heteroatoms. The molecule has 0 saturated heterocycles. The fourth-order valence-corrected chi connectivity index (χ4v) is 3.66. The molecule has 0 unspecified atom stereocenters. The van der Waals surface area contributed by atoms with Crippen LogP contribution < -0.4 is 16.0 Å². The molecule has 5 nitrogen and oxygen atoms in total. The Morgan fingerprint density at radius 3 is 2.67 bits per heavy atom. The molecule has 0 aliphatic carbocycles. The molecular formula is C25H26N4O. The molecule has 3 N–H and O–H groups in total. The summed E-state index contributed by atoms with van der Waals surface area (Å²) in [5.41, 5.74) is 6.82. The molecule has 1 aliphatic rings. The van der Waals surface area contributed by atoms with E-state index in [2.05, 4.69) is 59.8 Å². The summed E-state index contributed by atoms with van der Waals surface area (Å²) in [7, 11) is 0. The zero-order valence-corrected chi connectivity index (χ0v) is 17.2. The van der Waals surface area contributed by atoms with Gasteiger partial charge in [0.2, 0.25) is 0 Å². The molecule has 0 radical (unpaired) electrons. The molecule has 152 valence electrons. The van der Waals surface area contributed by atoms with Crippen LogP contribution in [0.15, 0.2) is 59.5 Å². The van der Waals surface area contributed by atoms with Gasteiger partial charge in [0.1, 0.15) is 5.76 Å². The second-order valence-corrected chi connectivity index (χ2v) is 7.48. The van der Waals surface area contributed by atoms with Crippen LogP contribution in [0.25, 0.3) is 17.0 Å². The number of anilines is 2. The molecule has 30 heavy (non-hydrogen) atoms. The fraction of sp³-hybridized carbons (Fsp3) is 0.240. The lowest BCUT2D eigenvalue weighted by Gasteiger charge is -2.12. The zero-order valence-electron chi connectivity index (χ0n) is 17.2. The highest BCUT2D eigenvalue weighted by Crippen LogP contribution is 2.36. The molecule has 1 aliphatic heterocycles. The third kappa shape index (κ3) is 4.24. The Labute approximate surface area is 177 Å². The van der Waals surface area contributed by atoms with Gasteiger partial charge in [-0.15, -0.1) is 0 Å². The summed E-state index contributed by atoms with van der Waals surface area (Å²) in [6.45, 7) is 9.23. The van der Waals surface area contributed by atoms with Crippen molar-refractivity contribution in [1.82, 2.24) is 5.32 Å². The number of fused-ring (bicyclic) bond motifs is 2. The van der Waals surface area contributed by atoms with E-state index in [1.54, 1.807) is 12.1 Å². The second kappa shape index (κ2) is 8.89. The molecule has 2 aromatic carbocycles. The van der Waals surface area contributed by atoms with Crippen LogP contribution in [-0.4, -0.2) is 19.6 Å². The third-order valence-electron chi connectivity index (χ3n) is 5.21. The number of benzene rings is 2. The van der Waals surface area contributed by atoms with Gasteiger partial charge in [-0.1, -0.05) is 13.5 Å². The number of rotatable bonds is 7. The maximum absolute atomic E-state index is 9.00. The van der Waals surface area contributed by atoms with Crippen LogP contribution in [0, 0.1) is 11.3 Å². The molecule has 1 aromatic heterocycles. The minimum atomic E-state index is 0.636. The Bertz CT molecular complexity index is 1090. The summed E-state index contributed by atoms with van der Waals surface area (Å²) >= 11 is 0. The largest absolute Gasteiger partial charge is 0.454 e. The first-order valence-electron chi connectivity index (χ1n) is 10.3. The molecule has 0 spiro atoms. The number of hydrogen-bond acceptors (Lipinski definition) is 5. The van der Waals surface area contributed by atoms with Crippen LogP contribution in [0.1, 0.15) is 35.8 Å². The quantitative estimate of drug-likeness (QED) is 0.476. The number of furan rings is 1. The highest BCUT2D eigenvalue weighted by atomic mass is 16.3. The first-order valence-corrected chi connectivity index (χ1v) is 10.3. The average Bonchev–Trinajstić information content (AvgIpc) is 3.14. The minimum Gasteiger partial charge on any atom is -0.454 e. The Balaban J connectivity index is 1.54. The summed E-state index contributed by atoms with van der Waals surface area (Å²) < 4.78 is 6.15. The molecule has 0 atom stereocenters. The number of nitrogens with one attached hydrogen (secondary N) is 3. The van der Waals surface area contributed by atoms with Crippen molar-refractivity contribution in [3.05, 3.63) is 77.6 Å². The van der Waals surface area contributed by atoms with Gasteiger partial charge in [0, 0.05) is 42.0 Å². The van der Waals surface area contributed by atoms with Gasteiger partial charge in [0.25, 0.3) is 0 Å². The molecule has 0 amide bonds. The van der Waals surface area contributed by atoms with Gasteiger partial charge in [-0.05, 0) is 67.1 Å². The predicted octanol–water partition coefficient (Wildman–Crippen LogP) is 5.22. The van der Waals surface area contributed by atoms with Gasteiger partial charge < -0.3 is 20.4 Å². The van der Waals surface area contributed by atoms with Crippen molar-refractivity contribution in [1.29, 1.82) is 5.26 Å². The van der Waals surface area contributed by atoms with E-state index < -0.39 is 0 Å². The van der Waals surface area contributed by atoms with E-state index >= 15 is 0 Å². The van der Waals surface area contributed by atoms with Crippen molar-refractivity contribution in [3.63, 3.8) is 0 Å². The average molecular weight is 399 g/mol. The molecule has 0 fully saturated rings. The fourth-order valence-electron chi connectivity index (χ4n) is 3.66. The van der Waals surface area contributed by atoms with Gasteiger partial charge in [0.15, 0.2) is 5.76 Å². The van der Waals surface area contributed by atoms with Crippen LogP contribution >= 0.6 is 0 Å². The maximum atomic E-state index is 9.00. The third-order valence-corrected chi connectivity index (χ3v) is 5.21. The molecule has 3 aromatic rings. The van der Waals surface area contributed by atoms with Crippen LogP contribution in [0.3, 0.4) is 0 Å². The zero-order chi connectivity index (χ0) is 20.9. The summed E-state index contributed by atoms with van der Waals surface area (Å²) in [5, 5.41) is 19.3. The Hall–Kier alpha value is -3.49. The van der Waals surface area contributed by atoms with Gasteiger partial charge in [-0.25, -0.2) is 0 Å². The highest BCUT2D eigenvalue weighted by molar-refractivity contribution is 5.81. The van der Waals surface area contributed by atoms with Crippen molar-refractivity contribution < 1.29 is 4.42 Å². The Morgan fingerprint density at radius 2 is 1.90 bits per heavy atom. The van der Waals surface area contributed by atoms with E-state index in [9.17, 15) is 0 Å². The summed E-state index contributed by atoms with van der Waals surface area (Å²) in [6, 6.07) is 18.0. The molecule has 2 heterocycles. The maximum Gasteiger partial charge on any atom is 0.153 e. The van der Waals surface area contributed by atoms with Gasteiger partial charge in [-0.2, -0.15) is 5.26 Å². The van der Waals surface area contributed by atoms with Gasteiger partial charge in [0.05, 0.1) is 17.3 Å². The van der Waals surface area contributed by atoms with Crippen molar-refractivity contribution >= 4 is 17.1 Å². The van der Waals surface area contributed by atoms with E-state index in [4.69, 9.17) is 9.68 Å². The first-order chi connectivity index (χ1) is 14.7. The standard InChI is InChI=1S/C25H26N4O/c1-3-10-27-11-12-28-22-8-9-23-20(14-22)13-21-15-24(30-25(21)17(2)29-23)19-6-4-18(16-26)5-7-19/h4-9,14-15,27-29H,2-3,10-13H2,1H3. The lowest BCUT2D eigenvalue weighted by molar-refractivity contribution is 0.565. The first kappa shape index (κ1) is 19.8. The molecule has 0 saturated carbocycles. The Kier molecular flexibility index (Phi) is 5.87. The normalized spacial score (nSPS) is 12.3. The van der Waals surface area contributed by atoms with Crippen LogP contribution in [0.5, 0.6) is 0 Å². The van der Waals surface area contributed by atoms with E-state index in [0.29, 0.717) is 5.56 Å². The van der Waals surface area contributed by atoms with Crippen molar-refractivity contribution in [2.75, 3.05) is 30.3 Å². The number of hydrogen-bond donors (Lipinski definition) is 3. The van der Waals surface area contributed by atoms with Crippen LogP contribution in [0.2, 0.25) is 0 Å². The van der Waals surface area contributed by atoms with Gasteiger partial charge in [-0.3, -0.25) is 0 Å². The monoisotopic (exact) mass is 398 g/mol. The molecule has 4 rings (SSSR count). The summed E-state index contributed by atoms with van der Waals surface area (Å²) in [5.74, 6) is 1.57. The number of nitrogens with zero attached hydrogens (tertiary/aromatic N) is 1. The number of nitriles is 1. The van der Waals surface area contributed by atoms with E-state index in [0.717, 1.165) is 72.2 Å². The molecular weight excluding hydrogens is 372 g/mol. The van der Waals surface area contributed by atoms with E-state index in [-0.39, 0.29) is 0 Å². The van der Waals surface area contributed by atoms with Crippen LogP contribution in [-0.2, 0) is 6.42 Å². The highest BCUT2D eigenvalue weighted by Gasteiger charge is 2.21.